The Bertz CT molecular complexity index is 1010. The smallest absolute Gasteiger partial charge is 0.244 e. The van der Waals surface area contributed by atoms with Gasteiger partial charge in [0, 0.05) is 14.2 Å². The molecule has 1 aliphatic rings. The molecule has 22 heavy (non-hydrogen) atoms. The highest BCUT2D eigenvalue weighted by Gasteiger charge is 2.31. The lowest BCUT2D eigenvalue weighted by Gasteiger charge is -2.28. The molecule has 0 amide bonds. The maximum atomic E-state index is 12.4. The number of halogens is 1. The molecule has 0 spiro atoms. The van der Waals surface area contributed by atoms with Crippen molar-refractivity contribution in [1.29, 1.82) is 0 Å². The quantitative estimate of drug-likeness (QED) is 0.646. The fraction of sp³-hybridized carbons (Fsp3) is 0.273. The van der Waals surface area contributed by atoms with E-state index in [4.69, 9.17) is 23.6 Å². The first-order valence-electron chi connectivity index (χ1n) is 8.09. The van der Waals surface area contributed by atoms with Crippen LogP contribution >= 0.6 is 23.4 Å². The van der Waals surface area contributed by atoms with Gasteiger partial charge in [0.05, 0.1) is 21.0 Å². The molecule has 1 aliphatic heterocycles. The van der Waals surface area contributed by atoms with Crippen LogP contribution in [-0.2, 0) is 20.0 Å². The number of hydrogen-bond donors (Lipinski definition) is 3. The number of nitrogens with one attached hydrogen (secondary N) is 2. The predicted octanol–water partition coefficient (Wildman–Crippen LogP) is 0.936. The Morgan fingerprint density at radius 1 is 1.64 bits per heavy atom. The van der Waals surface area contributed by atoms with Crippen LogP contribution in [0.2, 0.25) is 5.02 Å². The number of benzene rings is 1. The van der Waals surface area contributed by atoms with E-state index >= 15 is 0 Å². The Kier molecular flexibility index (Phi) is 3.39. The monoisotopic (exact) mass is 388 g/mol. The summed E-state index contributed by atoms with van der Waals surface area (Å²) in [7, 11) is -8.40. The summed E-state index contributed by atoms with van der Waals surface area (Å²) in [6.07, 6.45) is -1.01. The van der Waals surface area contributed by atoms with Crippen LogP contribution in [0.3, 0.4) is 0 Å². The van der Waals surface area contributed by atoms with Crippen molar-refractivity contribution >= 4 is 49.1 Å². The lowest BCUT2D eigenvalue weighted by Crippen LogP contribution is -2.46. The second-order valence-corrected chi connectivity index (χ2v) is 8.63. The van der Waals surface area contributed by atoms with Gasteiger partial charge in [0.1, 0.15) is 9.79 Å². The molecule has 11 heteroatoms. The van der Waals surface area contributed by atoms with E-state index in [1.54, 1.807) is 0 Å². The minimum atomic E-state index is -4.25. The first kappa shape index (κ1) is 11.7. The molecule has 4 N–H and O–H groups in total. The Hall–Kier alpha value is -0.780. The SMILES string of the molecule is [2H]C([2H])=C([2H])C([2H])([2H])SCC1Nc2cc(Cl)c(S(N)(=O)=O)cc2S(=O)(=O)N1. The van der Waals surface area contributed by atoms with Gasteiger partial charge in [-0.2, -0.15) is 16.5 Å². The Morgan fingerprint density at radius 3 is 3.00 bits per heavy atom. The molecule has 1 heterocycles. The average molecular weight is 389 g/mol. The molecule has 0 radical (unpaired) electrons. The van der Waals surface area contributed by atoms with Crippen molar-refractivity contribution in [3.05, 3.63) is 29.7 Å². The Balaban J connectivity index is 2.32. The molecular weight excluding hydrogens is 370 g/mol. The van der Waals surface area contributed by atoms with Crippen LogP contribution in [-0.4, -0.2) is 34.5 Å². The van der Waals surface area contributed by atoms with E-state index in [9.17, 15) is 16.8 Å². The van der Waals surface area contributed by atoms with Crippen LogP contribution in [0.25, 0.3) is 0 Å². The summed E-state index contributed by atoms with van der Waals surface area (Å²) in [6.45, 7) is -0.989. The van der Waals surface area contributed by atoms with Crippen molar-refractivity contribution in [2.75, 3.05) is 16.8 Å². The van der Waals surface area contributed by atoms with Crippen molar-refractivity contribution < 1.29 is 23.7 Å². The number of anilines is 1. The van der Waals surface area contributed by atoms with Crippen LogP contribution in [0.15, 0.2) is 34.5 Å². The molecular formula is C11H14ClN3O4S3. The molecule has 1 unspecified atom stereocenters. The summed E-state index contributed by atoms with van der Waals surface area (Å²) in [5.41, 5.74) is -2.37. The zero-order valence-electron chi connectivity index (χ0n) is 15.8. The summed E-state index contributed by atoms with van der Waals surface area (Å²) in [5, 5.41) is 7.47. The van der Waals surface area contributed by atoms with Crippen LogP contribution < -0.4 is 15.2 Å². The molecule has 1 aromatic rings. The summed E-state index contributed by atoms with van der Waals surface area (Å²) < 4.78 is 86.9. The number of nitrogens with two attached hydrogens (primary N) is 1. The van der Waals surface area contributed by atoms with E-state index in [2.05, 4.69) is 10.0 Å². The fourth-order valence-electron chi connectivity index (χ4n) is 1.79. The van der Waals surface area contributed by atoms with Gasteiger partial charge in [-0.15, -0.1) is 6.53 Å². The highest BCUT2D eigenvalue weighted by molar-refractivity contribution is 7.99. The van der Waals surface area contributed by atoms with Crippen molar-refractivity contribution in [2.45, 2.75) is 16.0 Å². The van der Waals surface area contributed by atoms with Gasteiger partial charge in [-0.3, -0.25) is 0 Å². The molecule has 0 aromatic heterocycles. The maximum Gasteiger partial charge on any atom is 0.244 e. The van der Waals surface area contributed by atoms with Gasteiger partial charge in [-0.1, -0.05) is 17.7 Å². The minimum absolute atomic E-state index is 0.000576. The van der Waals surface area contributed by atoms with E-state index in [1.807, 2.05) is 0 Å². The van der Waals surface area contributed by atoms with Crippen molar-refractivity contribution in [3.8, 4) is 0 Å². The second kappa shape index (κ2) is 6.38. The molecule has 0 saturated heterocycles. The third-order valence-electron chi connectivity index (χ3n) is 2.63. The number of primary sulfonamides is 1. The molecule has 1 atom stereocenters. The summed E-state index contributed by atoms with van der Waals surface area (Å²) in [4.78, 5) is -0.942. The number of fused-ring (bicyclic) bond motifs is 1. The van der Waals surface area contributed by atoms with Gasteiger partial charge >= 0.3 is 0 Å². The minimum Gasteiger partial charge on any atom is -0.367 e. The van der Waals surface area contributed by atoms with Crippen LogP contribution in [0.1, 0.15) is 6.85 Å². The molecule has 0 fully saturated rings. The van der Waals surface area contributed by atoms with Gasteiger partial charge in [-0.05, 0) is 12.1 Å². The number of thioether (sulfide) groups is 1. The number of sulfonamides is 2. The Morgan fingerprint density at radius 2 is 2.36 bits per heavy atom. The molecule has 2 rings (SSSR count). The standard InChI is InChI=1S/C11H14ClN3O4S3/c1-2-3-20-6-11-14-8-4-7(12)9(21(13,16)17)5-10(8)22(18,19)15-11/h2,4-5,11,14-15H,1,3,6H2,(H2,13,16,17)/i1D2,2D,3D2. The summed E-state index contributed by atoms with van der Waals surface area (Å²) >= 11 is 6.38. The van der Waals surface area contributed by atoms with Gasteiger partial charge in [-0.25, -0.2) is 22.0 Å². The van der Waals surface area contributed by atoms with Crippen molar-refractivity contribution in [2.24, 2.45) is 5.14 Å². The van der Waals surface area contributed by atoms with E-state index in [0.717, 1.165) is 12.1 Å². The fourth-order valence-corrected chi connectivity index (χ4v) is 4.88. The first-order chi connectivity index (χ1) is 12.1. The summed E-state index contributed by atoms with van der Waals surface area (Å²) in [5.74, 6) is -0.199. The van der Waals surface area contributed by atoms with Gasteiger partial charge in [0.2, 0.25) is 20.0 Å². The molecule has 122 valence electrons. The predicted molar refractivity (Wildman–Crippen MR) is 88.1 cm³/mol. The topological polar surface area (TPSA) is 118 Å². The lowest BCUT2D eigenvalue weighted by atomic mass is 10.3. The zero-order valence-corrected chi connectivity index (χ0v) is 14.0. The third-order valence-corrected chi connectivity index (χ3v) is 6.26. The van der Waals surface area contributed by atoms with Crippen LogP contribution in [0, 0.1) is 0 Å². The molecule has 0 aliphatic carbocycles. The molecule has 7 nitrogen and oxygen atoms in total. The van der Waals surface area contributed by atoms with Gasteiger partial charge < -0.3 is 5.32 Å². The number of rotatable bonds is 5. The molecule has 0 bridgehead atoms. The van der Waals surface area contributed by atoms with Crippen LogP contribution in [0.5, 0.6) is 0 Å². The zero-order chi connectivity index (χ0) is 20.8. The van der Waals surface area contributed by atoms with Crippen molar-refractivity contribution in [3.63, 3.8) is 0 Å². The maximum absolute atomic E-state index is 12.4. The van der Waals surface area contributed by atoms with Crippen LogP contribution in [0.4, 0.5) is 5.69 Å². The first-order valence-corrected chi connectivity index (χ1v) is 9.98. The largest absolute Gasteiger partial charge is 0.367 e. The van der Waals surface area contributed by atoms with E-state index in [0.29, 0.717) is 11.8 Å². The number of hydrogen-bond acceptors (Lipinski definition) is 6. The average Bonchev–Trinajstić information content (AvgIpc) is 2.49. The van der Waals surface area contributed by atoms with Gasteiger partial charge in [0.25, 0.3) is 0 Å². The van der Waals surface area contributed by atoms with E-state index in [-0.39, 0.29) is 21.4 Å². The highest BCUT2D eigenvalue weighted by atomic mass is 35.5. The summed E-state index contributed by atoms with van der Waals surface area (Å²) in [6, 6.07) is 1.05. The van der Waals surface area contributed by atoms with E-state index < -0.39 is 49.4 Å². The second-order valence-electron chi connectivity index (χ2n) is 4.18. The van der Waals surface area contributed by atoms with Gasteiger partial charge in [0.15, 0.2) is 0 Å². The highest BCUT2D eigenvalue weighted by Crippen LogP contribution is 2.33. The molecule has 1 aromatic carbocycles. The van der Waals surface area contributed by atoms with E-state index in [1.165, 1.54) is 0 Å². The Labute approximate surface area is 145 Å². The molecule has 0 saturated carbocycles. The van der Waals surface area contributed by atoms with Crippen molar-refractivity contribution in [1.82, 2.24) is 4.72 Å². The lowest BCUT2D eigenvalue weighted by molar-refractivity contribution is 0.566. The normalized spacial score (nSPS) is 23.7. The third kappa shape index (κ3) is 3.76.